The van der Waals surface area contributed by atoms with E-state index < -0.39 is 17.9 Å². The second-order valence-corrected chi connectivity index (χ2v) is 15.9. The number of carbonyl (C=O) groups excluding carboxylic acids is 1. The van der Waals surface area contributed by atoms with E-state index in [0.717, 1.165) is 5.56 Å². The highest BCUT2D eigenvalue weighted by Crippen LogP contribution is 2.52. The van der Waals surface area contributed by atoms with E-state index in [4.69, 9.17) is 4.74 Å². The van der Waals surface area contributed by atoms with Gasteiger partial charge >= 0.3 is 5.97 Å². The summed E-state index contributed by atoms with van der Waals surface area (Å²) in [6.07, 6.45) is 2.42. The maximum Gasteiger partial charge on any atom is 0.308 e. The lowest BCUT2D eigenvalue weighted by Gasteiger charge is -2.38. The van der Waals surface area contributed by atoms with E-state index in [9.17, 15) is 13.2 Å². The van der Waals surface area contributed by atoms with E-state index in [-0.39, 0.29) is 35.0 Å². The highest BCUT2D eigenvalue weighted by Gasteiger charge is 2.54. The van der Waals surface area contributed by atoms with Crippen LogP contribution >= 0.6 is 0 Å². The summed E-state index contributed by atoms with van der Waals surface area (Å²) in [6.45, 7) is 10.4. The molecule has 1 saturated carbocycles. The molecule has 0 aliphatic heterocycles. The van der Waals surface area contributed by atoms with Gasteiger partial charge in [-0.05, 0) is 42.9 Å². The van der Waals surface area contributed by atoms with E-state index >= 15 is 0 Å². The van der Waals surface area contributed by atoms with Gasteiger partial charge in [-0.15, -0.1) is 6.58 Å². The molecule has 0 spiro atoms. The molecule has 0 amide bonds. The number of allylic oxidation sites excluding steroid dienone is 1. The molecule has 0 N–H and O–H groups in total. The largest absolute Gasteiger partial charge is 0.469 e. The number of rotatable bonds is 7. The van der Waals surface area contributed by atoms with Crippen LogP contribution in [0.15, 0.2) is 72.1 Å². The van der Waals surface area contributed by atoms with Gasteiger partial charge in [-0.2, -0.15) is 0 Å². The number of hydrogen-bond acceptors (Lipinski definition) is 4. The van der Waals surface area contributed by atoms with E-state index in [0.29, 0.717) is 11.3 Å². The minimum Gasteiger partial charge on any atom is -0.469 e. The van der Waals surface area contributed by atoms with Crippen LogP contribution in [0, 0.1) is 24.7 Å². The second kappa shape index (κ2) is 9.13. The summed E-state index contributed by atoms with van der Waals surface area (Å²) in [5, 5.41) is 1.22. The molecule has 166 valence electrons. The molecule has 0 aromatic heterocycles. The van der Waals surface area contributed by atoms with Crippen molar-refractivity contribution in [2.75, 3.05) is 12.9 Å². The molecule has 3 rings (SSSR count). The molecule has 0 radical (unpaired) electrons. The number of aryl methyl sites for hydroxylation is 1. The average molecular weight is 457 g/mol. The molecule has 0 bridgehead atoms. The molecule has 1 aliphatic rings. The summed E-state index contributed by atoms with van der Waals surface area (Å²) >= 11 is 0. The lowest BCUT2D eigenvalue weighted by Crippen LogP contribution is -2.51. The number of hydrogen-bond donors (Lipinski definition) is 0. The van der Waals surface area contributed by atoms with Crippen molar-refractivity contribution < 1.29 is 17.9 Å². The van der Waals surface area contributed by atoms with Crippen LogP contribution in [0.4, 0.5) is 0 Å². The Balaban J connectivity index is 2.06. The van der Waals surface area contributed by atoms with Gasteiger partial charge in [-0.3, -0.25) is 4.79 Å². The van der Waals surface area contributed by atoms with Gasteiger partial charge in [-0.1, -0.05) is 72.4 Å². The summed E-state index contributed by atoms with van der Waals surface area (Å²) in [4.78, 5) is 13.1. The van der Waals surface area contributed by atoms with Crippen LogP contribution in [0.2, 0.25) is 18.6 Å². The summed E-state index contributed by atoms with van der Waals surface area (Å²) in [5.41, 5.74) is 0.954. The van der Waals surface area contributed by atoms with E-state index in [2.05, 4.69) is 31.8 Å². The maximum absolute atomic E-state index is 13.4. The molecular formula is C25H32O4SSi. The van der Waals surface area contributed by atoms with Crippen LogP contribution in [-0.2, 0) is 19.4 Å². The zero-order valence-corrected chi connectivity index (χ0v) is 20.6. The van der Waals surface area contributed by atoms with Crippen molar-refractivity contribution in [3.8, 4) is 0 Å². The Morgan fingerprint density at radius 1 is 1.13 bits per heavy atom. The third kappa shape index (κ3) is 4.70. The van der Waals surface area contributed by atoms with Crippen LogP contribution in [-0.4, -0.2) is 35.3 Å². The van der Waals surface area contributed by atoms with Crippen molar-refractivity contribution in [3.63, 3.8) is 0 Å². The fourth-order valence-electron chi connectivity index (χ4n) is 5.27. The third-order valence-corrected chi connectivity index (χ3v) is 13.1. The molecular weight excluding hydrogens is 424 g/mol. The Bertz CT molecular complexity index is 1030. The highest BCUT2D eigenvalue weighted by atomic mass is 32.2. The van der Waals surface area contributed by atoms with Crippen molar-refractivity contribution in [1.29, 1.82) is 0 Å². The van der Waals surface area contributed by atoms with Crippen molar-refractivity contribution >= 4 is 29.1 Å². The SMILES string of the molecule is C=C[C@@H]1C[C@@H](C(=O)OC)[C@H]([Si](C)(C)c2ccccc2)[C@H]1CS(=O)(=O)c1ccc(C)cc1. The predicted octanol–water partition coefficient (Wildman–Crippen LogP) is 4.37. The molecule has 6 heteroatoms. The molecule has 2 aromatic carbocycles. The smallest absolute Gasteiger partial charge is 0.308 e. The molecule has 0 unspecified atom stereocenters. The zero-order valence-electron chi connectivity index (χ0n) is 18.7. The summed E-state index contributed by atoms with van der Waals surface area (Å²) in [6, 6.07) is 17.2. The fraction of sp³-hybridized carbons (Fsp3) is 0.400. The number of esters is 1. The Morgan fingerprint density at radius 3 is 2.29 bits per heavy atom. The number of benzene rings is 2. The lowest BCUT2D eigenvalue weighted by molar-refractivity contribution is -0.145. The first kappa shape index (κ1) is 23.5. The Hall–Kier alpha value is -2.18. The average Bonchev–Trinajstić information content (AvgIpc) is 3.12. The molecule has 0 saturated heterocycles. The normalized spacial score (nSPS) is 24.0. The Morgan fingerprint density at radius 2 is 1.74 bits per heavy atom. The van der Waals surface area contributed by atoms with Crippen LogP contribution < -0.4 is 5.19 Å². The van der Waals surface area contributed by atoms with Gasteiger partial charge in [0, 0.05) is 0 Å². The van der Waals surface area contributed by atoms with E-state index in [1.807, 2.05) is 43.3 Å². The molecule has 1 aliphatic carbocycles. The van der Waals surface area contributed by atoms with Gasteiger partial charge in [0.1, 0.15) is 0 Å². The fourth-order valence-corrected chi connectivity index (χ4v) is 11.3. The number of carbonyl (C=O) groups is 1. The van der Waals surface area contributed by atoms with Crippen LogP contribution in [0.25, 0.3) is 0 Å². The van der Waals surface area contributed by atoms with Crippen molar-refractivity contribution in [2.24, 2.45) is 17.8 Å². The van der Waals surface area contributed by atoms with Gasteiger partial charge in [0.15, 0.2) is 9.84 Å². The second-order valence-electron chi connectivity index (χ2n) is 9.14. The minimum atomic E-state index is -3.51. The van der Waals surface area contributed by atoms with Crippen molar-refractivity contribution in [2.45, 2.75) is 36.9 Å². The number of methoxy groups -OCH3 is 1. The van der Waals surface area contributed by atoms with Crippen molar-refractivity contribution in [1.82, 2.24) is 0 Å². The maximum atomic E-state index is 13.4. The first-order valence-electron chi connectivity index (χ1n) is 10.7. The van der Waals surface area contributed by atoms with Crippen LogP contribution in [0.3, 0.4) is 0 Å². The van der Waals surface area contributed by atoms with Crippen molar-refractivity contribution in [3.05, 3.63) is 72.8 Å². The number of sulfone groups is 1. The third-order valence-electron chi connectivity index (χ3n) is 6.92. The molecule has 4 nitrogen and oxygen atoms in total. The van der Waals surface area contributed by atoms with E-state index in [1.165, 1.54) is 12.3 Å². The standard InChI is InChI=1S/C25H32O4SSi/c1-6-19-16-22(25(26)29-3)24(31(4,5)21-10-8-7-9-11-21)23(19)17-30(27,28)20-14-12-18(2)13-15-20/h6-15,19,22-24H,1,16-17H2,2-5H3/t19-,22-,23+,24+/m1/s1. The van der Waals surface area contributed by atoms with Gasteiger partial charge < -0.3 is 4.74 Å². The molecule has 1 fully saturated rings. The predicted molar refractivity (Wildman–Crippen MR) is 128 cm³/mol. The summed E-state index contributed by atoms with van der Waals surface area (Å²) in [7, 11) is -4.33. The Labute approximate surface area is 187 Å². The zero-order chi connectivity index (χ0) is 22.8. The molecule has 2 aromatic rings. The quantitative estimate of drug-likeness (QED) is 0.353. The summed E-state index contributed by atoms with van der Waals surface area (Å²) < 4.78 is 31.9. The number of ether oxygens (including phenoxy) is 1. The lowest BCUT2D eigenvalue weighted by atomic mass is 9.98. The molecule has 4 atom stereocenters. The van der Waals surface area contributed by atoms with Gasteiger partial charge in [0.05, 0.1) is 31.7 Å². The van der Waals surface area contributed by atoms with Crippen LogP contribution in [0.5, 0.6) is 0 Å². The molecule has 0 heterocycles. The van der Waals surface area contributed by atoms with Gasteiger partial charge in [-0.25, -0.2) is 8.42 Å². The Kier molecular flexibility index (Phi) is 6.91. The van der Waals surface area contributed by atoms with Crippen LogP contribution in [0.1, 0.15) is 12.0 Å². The molecule has 31 heavy (non-hydrogen) atoms. The first-order chi connectivity index (χ1) is 14.6. The topological polar surface area (TPSA) is 60.4 Å². The van der Waals surface area contributed by atoms with Gasteiger partial charge in [0.25, 0.3) is 0 Å². The van der Waals surface area contributed by atoms with Gasteiger partial charge in [0.2, 0.25) is 0 Å². The monoisotopic (exact) mass is 456 g/mol. The summed E-state index contributed by atoms with van der Waals surface area (Å²) in [5.74, 6) is -0.801. The van der Waals surface area contributed by atoms with E-state index in [1.54, 1.807) is 12.1 Å². The first-order valence-corrected chi connectivity index (χ1v) is 15.4. The minimum absolute atomic E-state index is 0.00811. The highest BCUT2D eigenvalue weighted by molar-refractivity contribution is 7.91.